The van der Waals surface area contributed by atoms with Crippen molar-refractivity contribution in [1.82, 2.24) is 0 Å². The number of halogens is 1. The van der Waals surface area contributed by atoms with Gasteiger partial charge in [0, 0.05) is 15.6 Å². The Labute approximate surface area is 124 Å². The van der Waals surface area contributed by atoms with Crippen LogP contribution in [-0.4, -0.2) is 18.2 Å². The minimum Gasteiger partial charge on any atom is -0.507 e. The van der Waals surface area contributed by atoms with E-state index in [0.29, 0.717) is 6.61 Å². The highest BCUT2D eigenvalue weighted by molar-refractivity contribution is 9.10. The minimum absolute atomic E-state index is 0.0994. The fourth-order valence-corrected chi connectivity index (χ4v) is 2.63. The Morgan fingerprint density at radius 3 is 2.85 bits per heavy atom. The molecule has 0 aliphatic carbocycles. The number of phenols is 1. The number of carbonyl (C=O) groups is 1. The van der Waals surface area contributed by atoms with Gasteiger partial charge in [-0.3, -0.25) is 0 Å². The SMILES string of the molecule is COC(=O)c1cc2c(cc1O)COc1ccc(Br)cc1-2. The predicted octanol–water partition coefficient (Wildman–Crippen LogP) is 3.50. The number of rotatable bonds is 1. The molecule has 0 saturated carbocycles. The molecule has 0 fully saturated rings. The highest BCUT2D eigenvalue weighted by Gasteiger charge is 2.22. The molecule has 5 heteroatoms. The summed E-state index contributed by atoms with van der Waals surface area (Å²) in [6.45, 7) is 0.360. The van der Waals surface area contributed by atoms with Crippen molar-refractivity contribution >= 4 is 21.9 Å². The number of aromatic hydroxyl groups is 1. The van der Waals surface area contributed by atoms with Gasteiger partial charge >= 0.3 is 5.97 Å². The Kier molecular flexibility index (Phi) is 3.14. The van der Waals surface area contributed by atoms with E-state index < -0.39 is 5.97 Å². The van der Waals surface area contributed by atoms with Gasteiger partial charge in [0.1, 0.15) is 23.7 Å². The molecular weight excluding hydrogens is 324 g/mol. The van der Waals surface area contributed by atoms with Gasteiger partial charge in [-0.25, -0.2) is 4.79 Å². The van der Waals surface area contributed by atoms with Crippen LogP contribution in [0.3, 0.4) is 0 Å². The van der Waals surface area contributed by atoms with E-state index in [1.54, 1.807) is 12.1 Å². The quantitative estimate of drug-likeness (QED) is 0.811. The van der Waals surface area contributed by atoms with Gasteiger partial charge in [0.2, 0.25) is 0 Å². The van der Waals surface area contributed by atoms with Crippen molar-refractivity contribution in [3.05, 3.63) is 45.9 Å². The molecule has 4 nitrogen and oxygen atoms in total. The lowest BCUT2D eigenvalue weighted by atomic mass is 9.94. The number of ether oxygens (including phenoxy) is 2. The normalized spacial score (nSPS) is 12.1. The van der Waals surface area contributed by atoms with E-state index in [-0.39, 0.29) is 11.3 Å². The Hall–Kier alpha value is -2.01. The molecule has 0 atom stereocenters. The summed E-state index contributed by atoms with van der Waals surface area (Å²) in [5.41, 5.74) is 2.73. The Bertz CT molecular complexity index is 709. The van der Waals surface area contributed by atoms with Crippen LogP contribution in [0, 0.1) is 0 Å². The van der Waals surface area contributed by atoms with E-state index in [9.17, 15) is 9.90 Å². The first kappa shape index (κ1) is 13.0. The summed E-state index contributed by atoms with van der Waals surface area (Å²) in [5.74, 6) is 0.0909. The summed E-state index contributed by atoms with van der Waals surface area (Å²) in [5, 5.41) is 9.90. The maximum absolute atomic E-state index is 11.7. The van der Waals surface area contributed by atoms with Crippen LogP contribution in [0.4, 0.5) is 0 Å². The van der Waals surface area contributed by atoms with E-state index in [0.717, 1.165) is 26.9 Å². The third-order valence-corrected chi connectivity index (χ3v) is 3.74. The third kappa shape index (κ3) is 2.04. The van der Waals surface area contributed by atoms with Gasteiger partial charge in [0.25, 0.3) is 0 Å². The van der Waals surface area contributed by atoms with Crippen LogP contribution in [0.15, 0.2) is 34.8 Å². The largest absolute Gasteiger partial charge is 0.507 e. The van der Waals surface area contributed by atoms with Gasteiger partial charge < -0.3 is 14.6 Å². The van der Waals surface area contributed by atoms with Crippen LogP contribution < -0.4 is 4.74 Å². The van der Waals surface area contributed by atoms with Crippen molar-refractivity contribution in [3.63, 3.8) is 0 Å². The van der Waals surface area contributed by atoms with Gasteiger partial charge in [0.05, 0.1) is 7.11 Å². The molecule has 1 aliphatic heterocycles. The Morgan fingerprint density at radius 1 is 1.30 bits per heavy atom. The second-order valence-electron chi connectivity index (χ2n) is 4.45. The van der Waals surface area contributed by atoms with Crippen LogP contribution in [0.5, 0.6) is 11.5 Å². The molecule has 0 radical (unpaired) electrons. The van der Waals surface area contributed by atoms with Gasteiger partial charge in [0.15, 0.2) is 0 Å². The monoisotopic (exact) mass is 334 g/mol. The summed E-state index contributed by atoms with van der Waals surface area (Å²) < 4.78 is 11.2. The molecule has 3 rings (SSSR count). The lowest BCUT2D eigenvalue weighted by Gasteiger charge is -2.22. The zero-order valence-electron chi connectivity index (χ0n) is 10.6. The van der Waals surface area contributed by atoms with Crippen LogP contribution in [0.2, 0.25) is 0 Å². The zero-order valence-corrected chi connectivity index (χ0v) is 12.2. The van der Waals surface area contributed by atoms with Gasteiger partial charge in [-0.05, 0) is 35.9 Å². The average Bonchev–Trinajstić information content (AvgIpc) is 2.45. The van der Waals surface area contributed by atoms with Gasteiger partial charge in [-0.2, -0.15) is 0 Å². The standard InChI is InChI=1S/C15H11BrO4/c1-19-15(18)12-6-10-8(4-13(12)17)7-20-14-3-2-9(16)5-11(10)14/h2-6,17H,7H2,1H3. The maximum atomic E-state index is 11.7. The van der Waals surface area contributed by atoms with Crippen LogP contribution in [0.25, 0.3) is 11.1 Å². The van der Waals surface area contributed by atoms with E-state index in [2.05, 4.69) is 20.7 Å². The van der Waals surface area contributed by atoms with Crippen molar-refractivity contribution in [2.75, 3.05) is 7.11 Å². The van der Waals surface area contributed by atoms with Crippen LogP contribution in [0.1, 0.15) is 15.9 Å². The van der Waals surface area contributed by atoms with Crippen molar-refractivity contribution in [3.8, 4) is 22.6 Å². The van der Waals surface area contributed by atoms with E-state index in [4.69, 9.17) is 4.74 Å². The maximum Gasteiger partial charge on any atom is 0.341 e. The molecule has 1 heterocycles. The molecular formula is C15H11BrO4. The Balaban J connectivity index is 2.23. The number of carbonyl (C=O) groups excluding carboxylic acids is 1. The molecule has 2 aromatic carbocycles. The second-order valence-corrected chi connectivity index (χ2v) is 5.36. The smallest absolute Gasteiger partial charge is 0.341 e. The van der Waals surface area contributed by atoms with Gasteiger partial charge in [-0.15, -0.1) is 0 Å². The molecule has 0 spiro atoms. The van der Waals surface area contributed by atoms with Crippen LogP contribution in [-0.2, 0) is 11.3 Å². The molecule has 1 N–H and O–H groups in total. The lowest BCUT2D eigenvalue weighted by molar-refractivity contribution is 0.0597. The summed E-state index contributed by atoms with van der Waals surface area (Å²) in [7, 11) is 1.29. The number of methoxy groups -OCH3 is 1. The van der Waals surface area contributed by atoms with E-state index >= 15 is 0 Å². The molecule has 20 heavy (non-hydrogen) atoms. The number of hydrogen-bond acceptors (Lipinski definition) is 4. The van der Waals surface area contributed by atoms with Crippen molar-refractivity contribution < 1.29 is 19.4 Å². The number of fused-ring (bicyclic) bond motifs is 3. The average molecular weight is 335 g/mol. The highest BCUT2D eigenvalue weighted by atomic mass is 79.9. The molecule has 0 bridgehead atoms. The molecule has 0 unspecified atom stereocenters. The fourth-order valence-electron chi connectivity index (χ4n) is 2.27. The molecule has 0 amide bonds. The summed E-state index contributed by atoms with van der Waals surface area (Å²) in [6, 6.07) is 8.87. The first-order valence-corrected chi connectivity index (χ1v) is 6.76. The van der Waals surface area contributed by atoms with Crippen molar-refractivity contribution in [2.24, 2.45) is 0 Å². The number of benzene rings is 2. The second kappa shape index (κ2) is 4.83. The summed E-state index contributed by atoms with van der Waals surface area (Å²) >= 11 is 3.42. The summed E-state index contributed by atoms with van der Waals surface area (Å²) in [4.78, 5) is 11.7. The van der Waals surface area contributed by atoms with E-state index in [1.807, 2.05) is 18.2 Å². The first-order chi connectivity index (χ1) is 9.60. The minimum atomic E-state index is -0.562. The molecule has 102 valence electrons. The topological polar surface area (TPSA) is 55.8 Å². The summed E-state index contributed by atoms with van der Waals surface area (Å²) in [6.07, 6.45) is 0. The zero-order chi connectivity index (χ0) is 14.3. The highest BCUT2D eigenvalue weighted by Crippen LogP contribution is 2.41. The molecule has 2 aromatic rings. The number of hydrogen-bond donors (Lipinski definition) is 1. The van der Waals surface area contributed by atoms with Crippen LogP contribution >= 0.6 is 15.9 Å². The molecule has 0 aromatic heterocycles. The number of phenolic OH excluding ortho intramolecular Hbond substituents is 1. The lowest BCUT2D eigenvalue weighted by Crippen LogP contribution is -2.08. The third-order valence-electron chi connectivity index (χ3n) is 3.24. The molecule has 1 aliphatic rings. The molecule has 0 saturated heterocycles. The fraction of sp³-hybridized carbons (Fsp3) is 0.133. The Morgan fingerprint density at radius 2 is 2.10 bits per heavy atom. The van der Waals surface area contributed by atoms with Gasteiger partial charge in [-0.1, -0.05) is 15.9 Å². The van der Waals surface area contributed by atoms with E-state index in [1.165, 1.54) is 7.11 Å². The predicted molar refractivity (Wildman–Crippen MR) is 76.9 cm³/mol. The van der Waals surface area contributed by atoms with Crippen molar-refractivity contribution in [2.45, 2.75) is 6.61 Å². The van der Waals surface area contributed by atoms with Crippen molar-refractivity contribution in [1.29, 1.82) is 0 Å². The number of esters is 1. The first-order valence-electron chi connectivity index (χ1n) is 5.97.